The van der Waals surface area contributed by atoms with Crippen molar-refractivity contribution >= 4 is 119 Å². The van der Waals surface area contributed by atoms with Crippen molar-refractivity contribution in [3.8, 4) is 22.7 Å². The maximum atomic E-state index is 2.45. The molecule has 10 aromatic carbocycles. The Kier molecular flexibility index (Phi) is 7.07. The Morgan fingerprint density at radius 1 is 0.200 bits per heavy atom. The van der Waals surface area contributed by atoms with E-state index in [1.165, 1.54) is 107 Å². The highest BCUT2D eigenvalue weighted by molar-refractivity contribution is 7.27. The lowest BCUT2D eigenvalue weighted by atomic mass is 10.1. The molecule has 0 bridgehead atoms. The summed E-state index contributed by atoms with van der Waals surface area (Å²) < 4.78 is 12.3. The quantitative estimate of drug-likeness (QED) is 0.168. The van der Waals surface area contributed by atoms with Crippen LogP contribution in [-0.4, -0.2) is 18.3 Å². The minimum atomic E-state index is 1.15. The van der Waals surface area contributed by atoms with Crippen molar-refractivity contribution in [2.75, 3.05) is 0 Å². The molecule has 0 aliphatic heterocycles. The summed E-state index contributed by atoms with van der Waals surface area (Å²) in [6.07, 6.45) is 0. The Labute approximate surface area is 376 Å². The number of rotatable bonds is 4. The second-order valence-electron chi connectivity index (χ2n) is 17.3. The van der Waals surface area contributed by atoms with Crippen molar-refractivity contribution in [1.82, 2.24) is 18.3 Å². The van der Waals surface area contributed by atoms with E-state index in [2.05, 4.69) is 237 Å². The number of para-hydroxylation sites is 6. The molecule has 0 saturated heterocycles. The highest BCUT2D eigenvalue weighted by Crippen LogP contribution is 2.48. The maximum absolute atomic E-state index is 2.45. The van der Waals surface area contributed by atoms with Crippen LogP contribution in [0.3, 0.4) is 0 Å². The van der Waals surface area contributed by atoms with Crippen LogP contribution in [-0.2, 0) is 0 Å². The van der Waals surface area contributed by atoms with Crippen LogP contribution < -0.4 is 0 Å². The third kappa shape index (κ3) is 4.74. The van der Waals surface area contributed by atoms with Gasteiger partial charge in [0.15, 0.2) is 0 Å². The van der Waals surface area contributed by atoms with Crippen LogP contribution in [0, 0.1) is 0 Å². The highest BCUT2D eigenvalue weighted by Gasteiger charge is 2.22. The molecule has 5 heteroatoms. The van der Waals surface area contributed by atoms with E-state index in [9.17, 15) is 0 Å². The molecule has 0 spiro atoms. The van der Waals surface area contributed by atoms with Gasteiger partial charge in [-0.1, -0.05) is 121 Å². The number of benzene rings is 10. The average molecular weight is 845 g/mol. The van der Waals surface area contributed by atoms with Crippen LogP contribution in [0.15, 0.2) is 218 Å². The lowest BCUT2D eigenvalue weighted by Gasteiger charge is -2.12. The van der Waals surface area contributed by atoms with Crippen molar-refractivity contribution in [1.29, 1.82) is 0 Å². The Morgan fingerprint density at radius 3 is 0.754 bits per heavy atom. The van der Waals surface area contributed by atoms with Gasteiger partial charge in [-0.25, -0.2) is 0 Å². The summed E-state index contributed by atoms with van der Waals surface area (Å²) in [6.45, 7) is 0. The van der Waals surface area contributed by atoms with Crippen LogP contribution in [0.1, 0.15) is 0 Å². The molecule has 302 valence electrons. The summed E-state index contributed by atoms with van der Waals surface area (Å²) in [5.41, 5.74) is 14.3. The van der Waals surface area contributed by atoms with E-state index in [0.717, 1.165) is 22.7 Å². The lowest BCUT2D eigenvalue weighted by Crippen LogP contribution is -1.97. The van der Waals surface area contributed by atoms with Gasteiger partial charge in [0.05, 0.1) is 44.1 Å². The summed E-state index contributed by atoms with van der Waals surface area (Å²) in [5, 5.41) is 12.9. The molecule has 4 nitrogen and oxygen atoms in total. The van der Waals surface area contributed by atoms with Gasteiger partial charge in [0.25, 0.3) is 0 Å². The van der Waals surface area contributed by atoms with E-state index < -0.39 is 0 Å². The normalized spacial score (nSPS) is 12.3. The second kappa shape index (κ2) is 13.1. The van der Waals surface area contributed by atoms with Crippen molar-refractivity contribution in [2.45, 2.75) is 0 Å². The van der Waals surface area contributed by atoms with Gasteiger partial charge in [-0.05, 0) is 97.1 Å². The molecule has 0 aliphatic rings. The van der Waals surface area contributed by atoms with Gasteiger partial charge in [0.1, 0.15) is 0 Å². The van der Waals surface area contributed by atoms with E-state index in [1.54, 1.807) is 0 Å². The van der Waals surface area contributed by atoms with Crippen LogP contribution in [0.4, 0.5) is 0 Å². The van der Waals surface area contributed by atoms with Crippen molar-refractivity contribution in [3.05, 3.63) is 218 Å². The predicted molar refractivity (Wildman–Crippen MR) is 277 cm³/mol. The molecular formula is C60H36N4S. The van der Waals surface area contributed by atoms with Gasteiger partial charge >= 0.3 is 0 Å². The Hall–Kier alpha value is -8.38. The third-order valence-corrected chi connectivity index (χ3v) is 15.2. The fraction of sp³-hybridized carbons (Fsp3) is 0. The standard InChI is InChI=1S/C60H36N4S/c1-7-19-49-41(13-1)42-14-2-8-20-50(42)61(49)37-25-29-39(30-26-37)63-53-23-11-5-17-47(53)57-55(63)35-33-45-46-34-36-56-58(60(46)65-59(45)57)48-18-6-12-24-54(48)64(56)40-31-27-38(28-32-40)62-51-21-9-3-15-43(51)44-16-4-10-22-52(44)62/h1-36H. The Morgan fingerprint density at radius 2 is 0.446 bits per heavy atom. The Balaban J connectivity index is 0.903. The smallest absolute Gasteiger partial charge is 0.0555 e. The first-order valence-corrected chi connectivity index (χ1v) is 23.1. The molecule has 65 heavy (non-hydrogen) atoms. The lowest BCUT2D eigenvalue weighted by molar-refractivity contribution is 1.14. The number of hydrogen-bond donors (Lipinski definition) is 0. The van der Waals surface area contributed by atoms with Crippen LogP contribution in [0.2, 0.25) is 0 Å². The van der Waals surface area contributed by atoms with E-state index in [0.29, 0.717) is 0 Å². The van der Waals surface area contributed by atoms with E-state index in [4.69, 9.17) is 0 Å². The van der Waals surface area contributed by atoms with Gasteiger partial charge < -0.3 is 18.3 Å². The fourth-order valence-corrected chi connectivity index (χ4v) is 12.7. The van der Waals surface area contributed by atoms with Crippen LogP contribution in [0.5, 0.6) is 0 Å². The SMILES string of the molecule is c1ccc2c(c1)c1ccccc1n2-c1ccc(-n2c3ccccc3c3c4sc5c(ccc6c5c5ccccc5n6-c5ccc(-n6c7ccccc7c7ccccc76)cc5)c4ccc32)cc1. The molecular weight excluding hydrogens is 809 g/mol. The average Bonchev–Trinajstić information content (AvgIpc) is 4.17. The molecule has 0 saturated carbocycles. The van der Waals surface area contributed by atoms with Gasteiger partial charge in [-0.15, -0.1) is 11.3 Å². The number of thiophene rings is 1. The zero-order valence-electron chi connectivity index (χ0n) is 35.0. The second-order valence-corrected chi connectivity index (χ2v) is 18.3. The number of aromatic nitrogens is 4. The molecule has 0 aliphatic carbocycles. The summed E-state index contributed by atoms with van der Waals surface area (Å²) in [4.78, 5) is 0. The monoisotopic (exact) mass is 844 g/mol. The first-order chi connectivity index (χ1) is 32.3. The third-order valence-electron chi connectivity index (χ3n) is 14.0. The molecule has 0 radical (unpaired) electrons. The van der Waals surface area contributed by atoms with Crippen molar-refractivity contribution in [3.63, 3.8) is 0 Å². The first-order valence-electron chi connectivity index (χ1n) is 22.3. The molecule has 15 aromatic rings. The van der Waals surface area contributed by atoms with Gasteiger partial charge in [0, 0.05) is 86.0 Å². The van der Waals surface area contributed by atoms with Gasteiger partial charge in [-0.2, -0.15) is 0 Å². The maximum Gasteiger partial charge on any atom is 0.0555 e. The topological polar surface area (TPSA) is 19.7 Å². The van der Waals surface area contributed by atoms with Gasteiger partial charge in [0.2, 0.25) is 0 Å². The molecule has 0 N–H and O–H groups in total. The van der Waals surface area contributed by atoms with E-state index in [-0.39, 0.29) is 0 Å². The molecule has 0 unspecified atom stereocenters. The zero-order valence-corrected chi connectivity index (χ0v) is 35.8. The van der Waals surface area contributed by atoms with Crippen LogP contribution in [0.25, 0.3) is 130 Å². The van der Waals surface area contributed by atoms with E-state index in [1.807, 2.05) is 11.3 Å². The largest absolute Gasteiger partial charge is 0.309 e. The number of fused-ring (bicyclic) bond motifs is 17. The summed E-state index contributed by atoms with van der Waals surface area (Å²) >= 11 is 1.94. The molecule has 0 fully saturated rings. The summed E-state index contributed by atoms with van der Waals surface area (Å²) in [5.74, 6) is 0. The fourth-order valence-electron chi connectivity index (χ4n) is 11.3. The van der Waals surface area contributed by atoms with Crippen molar-refractivity contribution in [2.24, 2.45) is 0 Å². The van der Waals surface area contributed by atoms with Crippen LogP contribution >= 0.6 is 11.3 Å². The molecule has 5 aromatic heterocycles. The predicted octanol–water partition coefficient (Wildman–Crippen LogP) is 16.4. The van der Waals surface area contributed by atoms with Gasteiger partial charge in [-0.3, -0.25) is 0 Å². The molecule has 0 atom stereocenters. The highest BCUT2D eigenvalue weighted by atomic mass is 32.1. The summed E-state index contributed by atoms with van der Waals surface area (Å²) in [7, 11) is 0. The molecule has 15 rings (SSSR count). The minimum Gasteiger partial charge on any atom is -0.309 e. The van der Waals surface area contributed by atoms with E-state index >= 15 is 0 Å². The number of nitrogens with zero attached hydrogens (tertiary/aromatic N) is 4. The Bertz CT molecular complexity index is 4060. The summed E-state index contributed by atoms with van der Waals surface area (Å²) in [6, 6.07) is 80.4. The molecule has 5 heterocycles. The number of hydrogen-bond acceptors (Lipinski definition) is 1. The zero-order chi connectivity index (χ0) is 42.3. The minimum absolute atomic E-state index is 1.15. The van der Waals surface area contributed by atoms with Crippen molar-refractivity contribution < 1.29 is 0 Å². The first kappa shape index (κ1) is 35.1. The molecule has 0 amide bonds.